The highest BCUT2D eigenvalue weighted by atomic mass is 19.1. The van der Waals surface area contributed by atoms with Crippen LogP contribution in [0.3, 0.4) is 0 Å². The van der Waals surface area contributed by atoms with E-state index in [4.69, 9.17) is 9.73 Å². The summed E-state index contributed by atoms with van der Waals surface area (Å²) in [5.41, 5.74) is 2.19. The Labute approximate surface area is 253 Å². The standard InChI is InChI=1S/C34H45FN6O2/c1-20-18-40(12-11-36-20)33(39-30-15-24-14-28(22(30)3)34(24,4)5)38-25-8-10-27-31(16-25)37-19-41(32(27)42)21(2)13-23-7-9-26(43-6)17-29(23)35/h7-10,16-17,19-22,24,28,30,36H,11-15,18H2,1-6H3,(H,38,39)/t20-,21+,22+,24-,28-,30-/m0/s1. The molecule has 0 spiro atoms. The van der Waals surface area contributed by atoms with E-state index < -0.39 is 0 Å². The summed E-state index contributed by atoms with van der Waals surface area (Å²) in [6, 6.07) is 10.9. The Balaban J connectivity index is 1.26. The van der Waals surface area contributed by atoms with Crippen molar-refractivity contribution in [1.29, 1.82) is 0 Å². The van der Waals surface area contributed by atoms with Crippen molar-refractivity contribution >= 4 is 22.5 Å². The van der Waals surface area contributed by atoms with Crippen LogP contribution in [0, 0.1) is 29.0 Å². The van der Waals surface area contributed by atoms with Gasteiger partial charge in [-0.3, -0.25) is 9.36 Å². The summed E-state index contributed by atoms with van der Waals surface area (Å²) in [5.74, 6) is 3.10. The van der Waals surface area contributed by atoms with E-state index >= 15 is 0 Å². The number of fused-ring (bicyclic) bond motifs is 3. The fourth-order valence-corrected chi connectivity index (χ4v) is 7.69. The summed E-state index contributed by atoms with van der Waals surface area (Å²) in [5, 5.41) is 7.95. The van der Waals surface area contributed by atoms with Gasteiger partial charge in [0.25, 0.3) is 5.56 Å². The van der Waals surface area contributed by atoms with Crippen LogP contribution in [-0.4, -0.2) is 59.2 Å². The van der Waals surface area contributed by atoms with Gasteiger partial charge >= 0.3 is 0 Å². The van der Waals surface area contributed by atoms with Crippen LogP contribution in [0.25, 0.3) is 10.9 Å². The maximum Gasteiger partial charge on any atom is 0.261 e. The number of halogens is 1. The van der Waals surface area contributed by atoms with E-state index in [9.17, 15) is 9.18 Å². The summed E-state index contributed by atoms with van der Waals surface area (Å²) < 4.78 is 21.3. The number of benzene rings is 2. The molecule has 1 saturated heterocycles. The molecule has 2 N–H and O–H groups in total. The Hall–Kier alpha value is -3.46. The molecule has 2 bridgehead atoms. The largest absolute Gasteiger partial charge is 0.497 e. The van der Waals surface area contributed by atoms with Gasteiger partial charge in [-0.25, -0.2) is 14.4 Å². The molecular weight excluding hydrogens is 543 g/mol. The molecule has 1 aliphatic heterocycles. The molecule has 4 fully saturated rings. The predicted octanol–water partition coefficient (Wildman–Crippen LogP) is 5.29. The molecule has 0 amide bonds. The molecule has 4 aliphatic rings. The number of nitrogens with one attached hydrogen (secondary N) is 2. The van der Waals surface area contributed by atoms with E-state index in [1.54, 1.807) is 23.0 Å². The first kappa shape index (κ1) is 29.6. The van der Waals surface area contributed by atoms with Crippen LogP contribution in [0.2, 0.25) is 0 Å². The van der Waals surface area contributed by atoms with E-state index in [1.807, 2.05) is 25.1 Å². The second-order valence-electron chi connectivity index (χ2n) is 13.6. The Morgan fingerprint density at radius 3 is 2.74 bits per heavy atom. The van der Waals surface area contributed by atoms with Crippen LogP contribution >= 0.6 is 0 Å². The lowest BCUT2D eigenvalue weighted by Gasteiger charge is -2.62. The van der Waals surface area contributed by atoms with Crippen LogP contribution in [0.4, 0.5) is 10.1 Å². The Morgan fingerprint density at radius 2 is 2.05 bits per heavy atom. The normalized spacial score (nSPS) is 27.5. The molecule has 1 aromatic heterocycles. The first-order valence-corrected chi connectivity index (χ1v) is 15.7. The third kappa shape index (κ3) is 5.64. The number of rotatable bonds is 6. The zero-order valence-electron chi connectivity index (χ0n) is 26.2. The maximum atomic E-state index is 14.6. The number of hydrogen-bond acceptors (Lipinski definition) is 5. The Morgan fingerprint density at radius 1 is 1.23 bits per heavy atom. The van der Waals surface area contributed by atoms with Crippen LogP contribution in [0.15, 0.2) is 52.5 Å². The minimum absolute atomic E-state index is 0.144. The van der Waals surface area contributed by atoms with Gasteiger partial charge in [0.2, 0.25) is 0 Å². The third-order valence-electron chi connectivity index (χ3n) is 10.6. The molecule has 3 aromatic rings. The zero-order chi connectivity index (χ0) is 30.5. The molecule has 3 aliphatic carbocycles. The summed E-state index contributed by atoms with van der Waals surface area (Å²) in [4.78, 5) is 25.6. The smallest absolute Gasteiger partial charge is 0.261 e. The maximum absolute atomic E-state index is 14.6. The molecule has 0 radical (unpaired) electrons. The van der Waals surface area contributed by atoms with Crippen molar-refractivity contribution in [3.05, 3.63) is 64.5 Å². The fraction of sp³-hybridized carbons (Fsp3) is 0.559. The third-order valence-corrected chi connectivity index (χ3v) is 10.6. The van der Waals surface area contributed by atoms with Gasteiger partial charge in [-0.1, -0.05) is 26.8 Å². The van der Waals surface area contributed by atoms with Crippen molar-refractivity contribution in [2.75, 3.05) is 26.7 Å². The molecule has 3 saturated carbocycles. The lowest BCUT2D eigenvalue weighted by molar-refractivity contribution is -0.112. The molecule has 7 rings (SSSR count). The lowest BCUT2D eigenvalue weighted by Crippen LogP contribution is -2.63. The van der Waals surface area contributed by atoms with Crippen molar-refractivity contribution in [1.82, 2.24) is 25.1 Å². The second-order valence-corrected chi connectivity index (χ2v) is 13.6. The first-order chi connectivity index (χ1) is 20.5. The van der Waals surface area contributed by atoms with E-state index in [-0.39, 0.29) is 17.4 Å². The predicted molar refractivity (Wildman–Crippen MR) is 170 cm³/mol. The number of piperazine rings is 1. The SMILES string of the molecule is COc1ccc(C[C@@H](C)n2cnc3cc(N=C(N[C@H]4C[C@@H]5C[C@@H]([C@H]4C)C5(C)C)N4CCN[C@@H](C)C4)ccc3c2=O)c(F)c1. The van der Waals surface area contributed by atoms with E-state index in [2.05, 4.69) is 48.2 Å². The highest BCUT2D eigenvalue weighted by Gasteiger charge is 2.56. The molecule has 2 heterocycles. The monoisotopic (exact) mass is 588 g/mol. The van der Waals surface area contributed by atoms with Crippen LogP contribution in [-0.2, 0) is 6.42 Å². The fourth-order valence-electron chi connectivity index (χ4n) is 7.69. The van der Waals surface area contributed by atoms with E-state index in [1.165, 1.54) is 26.0 Å². The van der Waals surface area contributed by atoms with E-state index in [0.717, 1.165) is 43.1 Å². The second kappa shape index (κ2) is 11.6. The first-order valence-electron chi connectivity index (χ1n) is 15.7. The molecule has 9 heteroatoms. The molecule has 2 aromatic carbocycles. The van der Waals surface area contributed by atoms with Gasteiger partial charge < -0.3 is 20.3 Å². The minimum atomic E-state index is -0.345. The number of aliphatic imine (C=N–C) groups is 1. The number of hydrogen-bond donors (Lipinski definition) is 2. The van der Waals surface area contributed by atoms with Gasteiger partial charge in [-0.15, -0.1) is 0 Å². The summed E-state index contributed by atoms with van der Waals surface area (Å²) in [6.07, 6.45) is 4.44. The van der Waals surface area contributed by atoms with Gasteiger partial charge in [0.15, 0.2) is 5.96 Å². The molecule has 6 atom stereocenters. The van der Waals surface area contributed by atoms with Gasteiger partial charge in [0.1, 0.15) is 11.6 Å². The topological polar surface area (TPSA) is 83.8 Å². The Bertz CT molecular complexity index is 1580. The van der Waals surface area contributed by atoms with Gasteiger partial charge in [0, 0.05) is 43.8 Å². The molecule has 230 valence electrons. The van der Waals surface area contributed by atoms with Crippen molar-refractivity contribution < 1.29 is 9.13 Å². The van der Waals surface area contributed by atoms with Gasteiger partial charge in [0.05, 0.1) is 30.0 Å². The average molecular weight is 589 g/mol. The van der Waals surface area contributed by atoms with Gasteiger partial charge in [-0.05, 0) is 86.1 Å². The molecule has 43 heavy (non-hydrogen) atoms. The minimum Gasteiger partial charge on any atom is -0.497 e. The van der Waals surface area contributed by atoms with Crippen molar-refractivity contribution in [3.63, 3.8) is 0 Å². The van der Waals surface area contributed by atoms with Crippen molar-refractivity contribution in [2.24, 2.45) is 28.2 Å². The van der Waals surface area contributed by atoms with Crippen molar-refractivity contribution in [3.8, 4) is 5.75 Å². The lowest BCUT2D eigenvalue weighted by atomic mass is 9.45. The molecular formula is C34H45FN6O2. The van der Waals surface area contributed by atoms with E-state index in [0.29, 0.717) is 52.1 Å². The highest BCUT2D eigenvalue weighted by molar-refractivity contribution is 5.86. The van der Waals surface area contributed by atoms with Crippen LogP contribution in [0.5, 0.6) is 5.75 Å². The molecule has 0 unspecified atom stereocenters. The number of guanidine groups is 1. The summed E-state index contributed by atoms with van der Waals surface area (Å²) in [7, 11) is 1.51. The van der Waals surface area contributed by atoms with Crippen LogP contribution < -0.4 is 20.9 Å². The number of methoxy groups -OCH3 is 1. The quantitative estimate of drug-likeness (QED) is 0.301. The van der Waals surface area contributed by atoms with Crippen molar-refractivity contribution in [2.45, 2.75) is 72.0 Å². The van der Waals surface area contributed by atoms with Gasteiger partial charge in [-0.2, -0.15) is 0 Å². The highest BCUT2D eigenvalue weighted by Crippen LogP contribution is 2.61. The number of aromatic nitrogens is 2. The summed E-state index contributed by atoms with van der Waals surface area (Å²) in [6.45, 7) is 14.1. The van der Waals surface area contributed by atoms with Crippen LogP contribution in [0.1, 0.15) is 59.1 Å². The number of nitrogens with zero attached hydrogens (tertiary/aromatic N) is 4. The zero-order valence-corrected chi connectivity index (χ0v) is 26.2. The molecule has 8 nitrogen and oxygen atoms in total. The Kier molecular flexibility index (Phi) is 7.96. The summed E-state index contributed by atoms with van der Waals surface area (Å²) >= 11 is 0. The number of ether oxygens (including phenoxy) is 1. The average Bonchev–Trinajstić information content (AvgIpc) is 2.98.